The Hall–Kier alpha value is -1.30. The summed E-state index contributed by atoms with van der Waals surface area (Å²) in [7, 11) is 0. The highest BCUT2D eigenvalue weighted by Crippen LogP contribution is 2.38. The first kappa shape index (κ1) is 13.1. The number of benzene rings is 1. The lowest BCUT2D eigenvalue weighted by atomic mass is 9.92. The van der Waals surface area contributed by atoms with Gasteiger partial charge in [-0.2, -0.15) is 0 Å². The van der Waals surface area contributed by atoms with Crippen LogP contribution in [-0.4, -0.2) is 11.8 Å². The summed E-state index contributed by atoms with van der Waals surface area (Å²) in [6, 6.07) is 2.04. The van der Waals surface area contributed by atoms with E-state index >= 15 is 0 Å². The zero-order chi connectivity index (χ0) is 13.7. The largest absolute Gasteiger partial charge is 0.274 e. The second kappa shape index (κ2) is 4.12. The molecule has 1 aliphatic rings. The summed E-state index contributed by atoms with van der Waals surface area (Å²) in [4.78, 5) is 24.3. The molecule has 1 saturated heterocycles. The Labute approximate surface area is 111 Å². The van der Waals surface area contributed by atoms with Gasteiger partial charge in [-0.05, 0) is 12.1 Å². The molecule has 96 valence electrons. The van der Waals surface area contributed by atoms with Crippen molar-refractivity contribution in [2.75, 3.05) is 4.90 Å². The number of nitrogens with zero attached hydrogens (tertiary/aromatic N) is 1. The maximum absolute atomic E-state index is 13.7. The number of amides is 2. The molecule has 0 spiro atoms. The van der Waals surface area contributed by atoms with Crippen molar-refractivity contribution in [1.29, 1.82) is 0 Å². The number of hydrogen-bond acceptors (Lipinski definition) is 2. The standard InChI is InChI=1S/C12H10BrF2NO2/c1-12(2)5-9(17)16(11(12)18)10-7(14)3-6(13)4-8(10)15/h3-4H,5H2,1-2H3. The number of carbonyl (C=O) groups is 2. The van der Waals surface area contributed by atoms with E-state index in [-0.39, 0.29) is 10.9 Å². The van der Waals surface area contributed by atoms with Crippen LogP contribution in [0, 0.1) is 17.0 Å². The zero-order valence-electron chi connectivity index (χ0n) is 9.76. The van der Waals surface area contributed by atoms with Gasteiger partial charge in [-0.1, -0.05) is 29.8 Å². The van der Waals surface area contributed by atoms with Gasteiger partial charge in [0.2, 0.25) is 11.8 Å². The number of hydrogen-bond donors (Lipinski definition) is 0. The number of halogens is 3. The van der Waals surface area contributed by atoms with Gasteiger partial charge in [-0.25, -0.2) is 13.7 Å². The van der Waals surface area contributed by atoms with Crippen molar-refractivity contribution in [1.82, 2.24) is 0 Å². The highest BCUT2D eigenvalue weighted by Gasteiger charge is 2.47. The molecular formula is C12H10BrF2NO2. The van der Waals surface area contributed by atoms with Gasteiger partial charge in [0.25, 0.3) is 0 Å². The normalized spacial score (nSPS) is 18.6. The van der Waals surface area contributed by atoms with Crippen LogP contribution in [0.2, 0.25) is 0 Å². The molecular weight excluding hydrogens is 308 g/mol. The molecule has 2 rings (SSSR count). The van der Waals surface area contributed by atoms with Gasteiger partial charge in [0.15, 0.2) is 11.6 Å². The van der Waals surface area contributed by atoms with Crippen LogP contribution in [0.1, 0.15) is 20.3 Å². The molecule has 0 radical (unpaired) electrons. The number of anilines is 1. The van der Waals surface area contributed by atoms with Gasteiger partial charge in [-0.3, -0.25) is 9.59 Å². The minimum Gasteiger partial charge on any atom is -0.274 e. The van der Waals surface area contributed by atoms with Gasteiger partial charge in [0, 0.05) is 10.9 Å². The highest BCUT2D eigenvalue weighted by atomic mass is 79.9. The summed E-state index contributed by atoms with van der Waals surface area (Å²) >= 11 is 2.94. The molecule has 1 aliphatic heterocycles. The summed E-state index contributed by atoms with van der Waals surface area (Å²) in [5.74, 6) is -3.07. The van der Waals surface area contributed by atoms with Crippen LogP contribution in [0.25, 0.3) is 0 Å². The molecule has 0 bridgehead atoms. The van der Waals surface area contributed by atoms with Gasteiger partial charge in [0.05, 0.1) is 5.41 Å². The summed E-state index contributed by atoms with van der Waals surface area (Å²) in [5.41, 5.74) is -1.53. The molecule has 1 aromatic carbocycles. The van der Waals surface area contributed by atoms with Crippen molar-refractivity contribution < 1.29 is 18.4 Å². The van der Waals surface area contributed by atoms with E-state index in [2.05, 4.69) is 15.9 Å². The Kier molecular flexibility index (Phi) is 3.01. The molecule has 1 heterocycles. The van der Waals surface area contributed by atoms with Crippen molar-refractivity contribution in [2.45, 2.75) is 20.3 Å². The van der Waals surface area contributed by atoms with Gasteiger partial charge in [0.1, 0.15) is 5.69 Å². The van der Waals surface area contributed by atoms with E-state index in [1.165, 1.54) is 0 Å². The Bertz CT molecular complexity index is 534. The lowest BCUT2D eigenvalue weighted by Gasteiger charge is -2.19. The molecule has 0 unspecified atom stereocenters. The fraction of sp³-hybridized carbons (Fsp3) is 0.333. The van der Waals surface area contributed by atoms with Crippen molar-refractivity contribution in [3.8, 4) is 0 Å². The zero-order valence-corrected chi connectivity index (χ0v) is 11.3. The maximum atomic E-state index is 13.7. The molecule has 18 heavy (non-hydrogen) atoms. The number of imide groups is 1. The highest BCUT2D eigenvalue weighted by molar-refractivity contribution is 9.10. The Balaban J connectivity index is 2.57. The van der Waals surface area contributed by atoms with Gasteiger partial charge >= 0.3 is 0 Å². The fourth-order valence-corrected chi connectivity index (χ4v) is 2.33. The van der Waals surface area contributed by atoms with Crippen LogP contribution >= 0.6 is 15.9 Å². The van der Waals surface area contributed by atoms with Crippen LogP contribution in [-0.2, 0) is 9.59 Å². The van der Waals surface area contributed by atoms with E-state index in [0.717, 1.165) is 12.1 Å². The summed E-state index contributed by atoms with van der Waals surface area (Å²) in [6.45, 7) is 3.14. The first-order valence-electron chi connectivity index (χ1n) is 5.26. The molecule has 3 nitrogen and oxygen atoms in total. The summed E-state index contributed by atoms with van der Waals surface area (Å²) < 4.78 is 27.7. The van der Waals surface area contributed by atoms with E-state index < -0.39 is 34.6 Å². The van der Waals surface area contributed by atoms with Crippen molar-refractivity contribution >= 4 is 33.4 Å². The lowest BCUT2D eigenvalue weighted by Crippen LogP contribution is -2.34. The summed E-state index contributed by atoms with van der Waals surface area (Å²) in [6.07, 6.45) is -0.0548. The lowest BCUT2D eigenvalue weighted by molar-refractivity contribution is -0.124. The Morgan fingerprint density at radius 2 is 1.72 bits per heavy atom. The molecule has 1 fully saturated rings. The minimum absolute atomic E-state index is 0.0548. The second-order valence-electron chi connectivity index (χ2n) is 4.81. The third kappa shape index (κ3) is 1.94. The first-order chi connectivity index (χ1) is 8.24. The van der Waals surface area contributed by atoms with Crippen molar-refractivity contribution in [3.63, 3.8) is 0 Å². The van der Waals surface area contributed by atoms with Crippen LogP contribution in [0.15, 0.2) is 16.6 Å². The summed E-state index contributed by atoms with van der Waals surface area (Å²) in [5, 5.41) is 0. The molecule has 0 aromatic heterocycles. The third-order valence-electron chi connectivity index (χ3n) is 2.83. The van der Waals surface area contributed by atoms with Crippen LogP contribution in [0.4, 0.5) is 14.5 Å². The van der Waals surface area contributed by atoms with E-state index in [1.807, 2.05) is 0 Å². The Morgan fingerprint density at radius 3 is 2.11 bits per heavy atom. The number of carbonyl (C=O) groups excluding carboxylic acids is 2. The predicted molar refractivity (Wildman–Crippen MR) is 64.9 cm³/mol. The van der Waals surface area contributed by atoms with E-state index in [0.29, 0.717) is 4.90 Å². The van der Waals surface area contributed by atoms with Crippen molar-refractivity contribution in [3.05, 3.63) is 28.2 Å². The third-order valence-corrected chi connectivity index (χ3v) is 3.29. The minimum atomic E-state index is -0.943. The molecule has 1 aromatic rings. The Morgan fingerprint density at radius 1 is 1.22 bits per heavy atom. The van der Waals surface area contributed by atoms with E-state index in [4.69, 9.17) is 0 Å². The monoisotopic (exact) mass is 317 g/mol. The second-order valence-corrected chi connectivity index (χ2v) is 5.73. The average molecular weight is 318 g/mol. The van der Waals surface area contributed by atoms with Crippen molar-refractivity contribution in [2.24, 2.45) is 5.41 Å². The SMILES string of the molecule is CC1(C)CC(=O)N(c2c(F)cc(Br)cc2F)C1=O. The molecule has 2 amide bonds. The smallest absolute Gasteiger partial charge is 0.240 e. The topological polar surface area (TPSA) is 37.4 Å². The maximum Gasteiger partial charge on any atom is 0.240 e. The van der Waals surface area contributed by atoms with Gasteiger partial charge in [-0.15, -0.1) is 0 Å². The fourth-order valence-electron chi connectivity index (χ4n) is 1.92. The van der Waals surface area contributed by atoms with Crippen LogP contribution in [0.5, 0.6) is 0 Å². The molecule has 6 heteroatoms. The van der Waals surface area contributed by atoms with E-state index in [9.17, 15) is 18.4 Å². The van der Waals surface area contributed by atoms with E-state index in [1.54, 1.807) is 13.8 Å². The quantitative estimate of drug-likeness (QED) is 0.747. The molecule has 0 N–H and O–H groups in total. The molecule has 0 atom stereocenters. The number of rotatable bonds is 1. The van der Waals surface area contributed by atoms with Gasteiger partial charge < -0.3 is 0 Å². The van der Waals surface area contributed by atoms with Crippen LogP contribution in [0.3, 0.4) is 0 Å². The molecule has 0 saturated carbocycles. The van der Waals surface area contributed by atoms with Crippen LogP contribution < -0.4 is 4.90 Å². The predicted octanol–water partition coefficient (Wildman–Crippen LogP) is 3.02. The average Bonchev–Trinajstić information content (AvgIpc) is 2.38. The first-order valence-corrected chi connectivity index (χ1v) is 6.05. The molecule has 0 aliphatic carbocycles.